The molecule has 1 saturated heterocycles. The van der Waals surface area contributed by atoms with Gasteiger partial charge in [-0.05, 0) is 60.2 Å². The van der Waals surface area contributed by atoms with E-state index in [-0.39, 0.29) is 16.5 Å². The number of thiophene rings is 1. The third kappa shape index (κ3) is 5.93. The van der Waals surface area contributed by atoms with Crippen molar-refractivity contribution in [3.05, 3.63) is 107 Å². The molecule has 1 aliphatic heterocycles. The molecule has 0 spiro atoms. The third-order valence-electron chi connectivity index (χ3n) is 7.23. The van der Waals surface area contributed by atoms with Gasteiger partial charge in [0.25, 0.3) is 5.91 Å². The molecule has 3 aromatic carbocycles. The highest BCUT2D eigenvalue weighted by Crippen LogP contribution is 2.37. The molecule has 0 radical (unpaired) electrons. The van der Waals surface area contributed by atoms with Crippen molar-refractivity contribution in [2.75, 3.05) is 37.3 Å². The zero-order valence-corrected chi connectivity index (χ0v) is 25.3. The van der Waals surface area contributed by atoms with Gasteiger partial charge in [-0.25, -0.2) is 21.9 Å². The molecule has 0 unspecified atom stereocenters. The molecule has 5 aromatic rings. The van der Waals surface area contributed by atoms with Gasteiger partial charge in [-0.2, -0.15) is 5.10 Å². The molecule has 0 atom stereocenters. The normalized spacial score (nSPS) is 13.9. The average molecular weight is 639 g/mol. The first kappa shape index (κ1) is 29.0. The van der Waals surface area contributed by atoms with E-state index in [0.29, 0.717) is 48.3 Å². The van der Waals surface area contributed by atoms with Gasteiger partial charge in [-0.1, -0.05) is 35.9 Å². The van der Waals surface area contributed by atoms with Crippen molar-refractivity contribution in [3.63, 3.8) is 0 Å². The van der Waals surface area contributed by atoms with Crippen molar-refractivity contribution in [3.8, 4) is 26.7 Å². The lowest BCUT2D eigenvalue weighted by Gasteiger charge is -2.35. The second-order valence-electron chi connectivity index (χ2n) is 10.1. The highest BCUT2D eigenvalue weighted by molar-refractivity contribution is 7.90. The Labute approximate surface area is 256 Å². The van der Waals surface area contributed by atoms with Crippen LogP contribution in [0.3, 0.4) is 0 Å². The minimum absolute atomic E-state index is 0.227. The van der Waals surface area contributed by atoms with Crippen molar-refractivity contribution >= 4 is 44.4 Å². The fourth-order valence-corrected chi connectivity index (χ4v) is 6.92. The molecule has 12 heteroatoms. The Morgan fingerprint density at radius 2 is 1.60 bits per heavy atom. The SMILES string of the molecule is CS(=O)(=O)c1cccc(-c2ccc(-c3cc(C(=O)N4CCN(c5ccc(F)cc5F)CC4)nn3-c3ccccc3Cl)s2)c1. The van der Waals surface area contributed by atoms with Crippen LogP contribution in [-0.2, 0) is 9.84 Å². The lowest BCUT2D eigenvalue weighted by Crippen LogP contribution is -2.49. The molecule has 0 aliphatic carbocycles. The van der Waals surface area contributed by atoms with Gasteiger partial charge in [0.2, 0.25) is 0 Å². The number of halogens is 3. The summed E-state index contributed by atoms with van der Waals surface area (Å²) in [6.45, 7) is 1.44. The molecule has 7 nitrogen and oxygen atoms in total. The molecular weight excluding hydrogens is 614 g/mol. The molecule has 0 bridgehead atoms. The Morgan fingerprint density at radius 1 is 0.860 bits per heavy atom. The number of nitrogens with zero attached hydrogens (tertiary/aromatic N) is 4. The fourth-order valence-electron chi connectivity index (χ4n) is 5.03. The Kier molecular flexibility index (Phi) is 7.80. The smallest absolute Gasteiger partial charge is 0.274 e. The number of hydrogen-bond acceptors (Lipinski definition) is 6. The standard InChI is InChI=1S/C31H25ClF2N4O3S2/c1-43(40,41)22-6-4-5-20(17-22)29-11-12-30(42-29)28-19-25(35-38(28)26-8-3-2-7-23(26)32)31(39)37-15-13-36(14-16-37)27-10-9-21(33)18-24(27)34/h2-12,17-19H,13-16H2,1H3. The number of carbonyl (C=O) groups excluding carboxylic acids is 1. The van der Waals surface area contributed by atoms with E-state index < -0.39 is 21.5 Å². The molecule has 2 aromatic heterocycles. The number of rotatable bonds is 6. The highest BCUT2D eigenvalue weighted by Gasteiger charge is 2.27. The van der Waals surface area contributed by atoms with E-state index in [1.165, 1.54) is 29.7 Å². The number of para-hydroxylation sites is 1. The lowest BCUT2D eigenvalue weighted by atomic mass is 10.2. The number of amides is 1. The van der Waals surface area contributed by atoms with Crippen molar-refractivity contribution in [2.24, 2.45) is 0 Å². The van der Waals surface area contributed by atoms with Crippen LogP contribution >= 0.6 is 22.9 Å². The van der Waals surface area contributed by atoms with Crippen LogP contribution in [0.15, 0.2) is 89.8 Å². The Morgan fingerprint density at radius 3 is 2.33 bits per heavy atom. The number of aromatic nitrogens is 2. The van der Waals surface area contributed by atoms with E-state index in [9.17, 15) is 22.0 Å². The molecule has 220 valence electrons. The van der Waals surface area contributed by atoms with Crippen molar-refractivity contribution in [1.29, 1.82) is 0 Å². The zero-order valence-electron chi connectivity index (χ0n) is 22.9. The summed E-state index contributed by atoms with van der Waals surface area (Å²) in [4.78, 5) is 19.0. The molecule has 1 aliphatic rings. The average Bonchev–Trinajstić information content (AvgIpc) is 3.65. The monoisotopic (exact) mass is 638 g/mol. The summed E-state index contributed by atoms with van der Waals surface area (Å²) in [7, 11) is -3.37. The van der Waals surface area contributed by atoms with E-state index in [1.807, 2.05) is 36.4 Å². The molecule has 43 heavy (non-hydrogen) atoms. The summed E-state index contributed by atoms with van der Waals surface area (Å²) < 4.78 is 53.5. The zero-order chi connectivity index (χ0) is 30.3. The van der Waals surface area contributed by atoms with Crippen LogP contribution in [-0.4, -0.2) is 61.4 Å². The minimum Gasteiger partial charge on any atom is -0.366 e. The van der Waals surface area contributed by atoms with Crippen LogP contribution in [0.4, 0.5) is 14.5 Å². The summed E-state index contributed by atoms with van der Waals surface area (Å²) in [6.07, 6.45) is 1.17. The predicted molar refractivity (Wildman–Crippen MR) is 165 cm³/mol. The highest BCUT2D eigenvalue weighted by atomic mass is 35.5. The van der Waals surface area contributed by atoms with Gasteiger partial charge in [-0.3, -0.25) is 4.79 Å². The third-order valence-corrected chi connectivity index (χ3v) is 9.82. The van der Waals surface area contributed by atoms with Gasteiger partial charge in [0, 0.05) is 43.4 Å². The van der Waals surface area contributed by atoms with E-state index in [2.05, 4.69) is 5.10 Å². The van der Waals surface area contributed by atoms with Gasteiger partial charge >= 0.3 is 0 Å². The largest absolute Gasteiger partial charge is 0.366 e. The topological polar surface area (TPSA) is 75.5 Å². The number of sulfone groups is 1. The fraction of sp³-hybridized carbons (Fsp3) is 0.161. The Hall–Kier alpha value is -4.06. The summed E-state index contributed by atoms with van der Waals surface area (Å²) in [5, 5.41) is 5.13. The second kappa shape index (κ2) is 11.6. The first-order valence-corrected chi connectivity index (χ1v) is 16.4. The van der Waals surface area contributed by atoms with Crippen LogP contribution in [0.5, 0.6) is 0 Å². The van der Waals surface area contributed by atoms with Crippen molar-refractivity contribution in [1.82, 2.24) is 14.7 Å². The summed E-state index contributed by atoms with van der Waals surface area (Å²) in [6, 6.07) is 23.0. The van der Waals surface area contributed by atoms with Crippen molar-refractivity contribution < 1.29 is 22.0 Å². The van der Waals surface area contributed by atoms with E-state index in [0.717, 1.165) is 21.4 Å². The number of piperazine rings is 1. The summed E-state index contributed by atoms with van der Waals surface area (Å²) >= 11 is 7.99. The maximum absolute atomic E-state index is 14.3. The van der Waals surface area contributed by atoms with Gasteiger partial charge in [-0.15, -0.1) is 11.3 Å². The molecule has 0 N–H and O–H groups in total. The van der Waals surface area contributed by atoms with E-state index in [1.54, 1.807) is 44.8 Å². The first-order valence-electron chi connectivity index (χ1n) is 13.3. The van der Waals surface area contributed by atoms with Gasteiger partial charge < -0.3 is 9.80 Å². The molecule has 1 amide bonds. The summed E-state index contributed by atoms with van der Waals surface area (Å²) in [5.41, 5.74) is 2.54. The second-order valence-corrected chi connectivity index (χ2v) is 13.6. The van der Waals surface area contributed by atoms with Gasteiger partial charge in [0.15, 0.2) is 15.5 Å². The van der Waals surface area contributed by atoms with Crippen molar-refractivity contribution in [2.45, 2.75) is 4.90 Å². The molecule has 0 saturated carbocycles. The van der Waals surface area contributed by atoms with Crippen LogP contribution in [0, 0.1) is 11.6 Å². The Balaban J connectivity index is 1.31. The number of anilines is 1. The quantitative estimate of drug-likeness (QED) is 0.210. The first-order chi connectivity index (χ1) is 20.6. The summed E-state index contributed by atoms with van der Waals surface area (Å²) in [5.74, 6) is -1.55. The molecular formula is C31H25ClF2N4O3S2. The maximum Gasteiger partial charge on any atom is 0.274 e. The Bertz CT molecular complexity index is 1950. The predicted octanol–water partition coefficient (Wildman–Crippen LogP) is 6.57. The number of carbonyl (C=O) groups is 1. The van der Waals surface area contributed by atoms with Crippen LogP contribution < -0.4 is 4.90 Å². The van der Waals surface area contributed by atoms with Gasteiger partial charge in [0.05, 0.1) is 31.9 Å². The van der Waals surface area contributed by atoms with Crippen LogP contribution in [0.1, 0.15) is 10.5 Å². The molecule has 6 rings (SSSR count). The molecule has 1 fully saturated rings. The minimum atomic E-state index is -3.37. The number of hydrogen-bond donors (Lipinski definition) is 0. The maximum atomic E-state index is 14.3. The van der Waals surface area contributed by atoms with Gasteiger partial charge in [0.1, 0.15) is 11.6 Å². The van der Waals surface area contributed by atoms with Crippen LogP contribution in [0.2, 0.25) is 5.02 Å². The lowest BCUT2D eigenvalue weighted by molar-refractivity contribution is 0.0740. The van der Waals surface area contributed by atoms with Crippen LogP contribution in [0.25, 0.3) is 26.7 Å². The van der Waals surface area contributed by atoms with E-state index in [4.69, 9.17) is 11.6 Å². The number of benzene rings is 3. The van der Waals surface area contributed by atoms with E-state index >= 15 is 0 Å². The molecule has 3 heterocycles.